The van der Waals surface area contributed by atoms with Gasteiger partial charge in [0.2, 0.25) is 0 Å². The molecule has 0 bridgehead atoms. The Morgan fingerprint density at radius 3 is 2.93 bits per heavy atom. The van der Waals surface area contributed by atoms with Gasteiger partial charge in [-0.15, -0.1) is 0 Å². The molecule has 0 aromatic heterocycles. The molecule has 1 aromatic carbocycles. The molecule has 3 nitrogen and oxygen atoms in total. The number of methoxy groups -OCH3 is 1. The third kappa shape index (κ3) is 2.35. The van der Waals surface area contributed by atoms with Crippen molar-refractivity contribution in [3.05, 3.63) is 29.3 Å². The number of carbonyl (C=O) groups excluding carboxylic acids is 1. The predicted octanol–water partition coefficient (Wildman–Crippen LogP) is 0.818. The number of ether oxygens (including phenoxy) is 1. The van der Waals surface area contributed by atoms with E-state index in [-0.39, 0.29) is 6.54 Å². The number of hydrogen-bond donors (Lipinski definition) is 1. The molecule has 0 fully saturated rings. The van der Waals surface area contributed by atoms with Gasteiger partial charge >= 0.3 is 0 Å². The van der Waals surface area contributed by atoms with Crippen LogP contribution in [-0.4, -0.2) is 19.9 Å². The molecule has 0 aliphatic carbocycles. The van der Waals surface area contributed by atoms with E-state index in [1.54, 1.807) is 25.3 Å². The molecular weight excluding hydrogens is 178 g/mol. The normalized spacial score (nSPS) is 8.71. The standard InChI is InChI=1S/C11H11NO2/c1-14-11-5-4-9(3-2-6-12)10(7-11)8-13/h4-5,7-8H,6,12H2,1H3. The summed E-state index contributed by atoms with van der Waals surface area (Å²) in [6.45, 7) is 0.282. The highest BCUT2D eigenvalue weighted by atomic mass is 16.5. The number of hydrogen-bond acceptors (Lipinski definition) is 3. The SMILES string of the molecule is COc1ccc(C#CCN)c(C=O)c1. The molecule has 0 saturated carbocycles. The van der Waals surface area contributed by atoms with Crippen molar-refractivity contribution in [3.63, 3.8) is 0 Å². The zero-order chi connectivity index (χ0) is 10.4. The first-order valence-electron chi connectivity index (χ1n) is 4.14. The average Bonchev–Trinajstić information content (AvgIpc) is 2.26. The molecule has 72 valence electrons. The van der Waals surface area contributed by atoms with E-state index in [1.807, 2.05) is 0 Å². The fourth-order valence-corrected chi connectivity index (χ4v) is 1.03. The summed E-state index contributed by atoms with van der Waals surface area (Å²) in [5, 5.41) is 0. The molecule has 0 heterocycles. The monoisotopic (exact) mass is 189 g/mol. The van der Waals surface area contributed by atoms with Gasteiger partial charge in [-0.1, -0.05) is 11.8 Å². The smallest absolute Gasteiger partial charge is 0.151 e. The molecule has 0 amide bonds. The van der Waals surface area contributed by atoms with E-state index < -0.39 is 0 Å². The first kappa shape index (κ1) is 10.3. The molecule has 2 N–H and O–H groups in total. The number of benzene rings is 1. The molecular formula is C11H11NO2. The van der Waals surface area contributed by atoms with Crippen molar-refractivity contribution < 1.29 is 9.53 Å². The largest absolute Gasteiger partial charge is 0.497 e. The van der Waals surface area contributed by atoms with E-state index in [2.05, 4.69) is 11.8 Å². The molecule has 0 atom stereocenters. The third-order valence-corrected chi connectivity index (χ3v) is 1.71. The lowest BCUT2D eigenvalue weighted by Gasteiger charge is -2.01. The van der Waals surface area contributed by atoms with Crippen LogP contribution in [0.5, 0.6) is 5.75 Å². The Labute approximate surface area is 82.9 Å². The van der Waals surface area contributed by atoms with E-state index in [4.69, 9.17) is 10.5 Å². The van der Waals surface area contributed by atoms with Gasteiger partial charge in [0.1, 0.15) is 5.75 Å². The maximum Gasteiger partial charge on any atom is 0.151 e. The molecule has 0 radical (unpaired) electrons. The first-order valence-corrected chi connectivity index (χ1v) is 4.14. The third-order valence-electron chi connectivity index (χ3n) is 1.71. The Balaban J connectivity index is 3.11. The van der Waals surface area contributed by atoms with Crippen LogP contribution in [0.4, 0.5) is 0 Å². The maximum absolute atomic E-state index is 10.7. The maximum atomic E-state index is 10.7. The van der Waals surface area contributed by atoms with Crippen molar-refractivity contribution in [2.24, 2.45) is 5.73 Å². The fourth-order valence-electron chi connectivity index (χ4n) is 1.03. The van der Waals surface area contributed by atoms with Crippen LogP contribution in [-0.2, 0) is 0 Å². The Morgan fingerprint density at radius 1 is 1.57 bits per heavy atom. The van der Waals surface area contributed by atoms with Crippen LogP contribution in [0.25, 0.3) is 0 Å². The highest BCUT2D eigenvalue weighted by Crippen LogP contribution is 2.15. The van der Waals surface area contributed by atoms with Gasteiger partial charge in [0.15, 0.2) is 6.29 Å². The topological polar surface area (TPSA) is 52.3 Å². The zero-order valence-corrected chi connectivity index (χ0v) is 7.91. The summed E-state index contributed by atoms with van der Waals surface area (Å²) in [5.41, 5.74) is 6.43. The predicted molar refractivity (Wildman–Crippen MR) is 54.3 cm³/mol. The summed E-state index contributed by atoms with van der Waals surface area (Å²) >= 11 is 0. The molecule has 0 spiro atoms. The minimum atomic E-state index is 0.282. The Kier molecular flexibility index (Phi) is 3.71. The van der Waals surface area contributed by atoms with Gasteiger partial charge in [-0.2, -0.15) is 0 Å². The van der Waals surface area contributed by atoms with Gasteiger partial charge in [0.05, 0.1) is 13.7 Å². The van der Waals surface area contributed by atoms with Crippen LogP contribution in [0.2, 0.25) is 0 Å². The van der Waals surface area contributed by atoms with Crippen LogP contribution < -0.4 is 10.5 Å². The van der Waals surface area contributed by atoms with Crippen LogP contribution in [0.15, 0.2) is 18.2 Å². The minimum absolute atomic E-state index is 0.282. The lowest BCUT2D eigenvalue weighted by Crippen LogP contribution is -1.94. The second kappa shape index (κ2) is 5.05. The van der Waals surface area contributed by atoms with E-state index in [9.17, 15) is 4.79 Å². The van der Waals surface area contributed by atoms with E-state index in [0.717, 1.165) is 6.29 Å². The van der Waals surface area contributed by atoms with Gasteiger partial charge in [0, 0.05) is 11.1 Å². The molecule has 0 aliphatic heterocycles. The molecule has 0 saturated heterocycles. The Bertz CT molecular complexity index is 388. The molecule has 1 aromatic rings. The van der Waals surface area contributed by atoms with Crippen molar-refractivity contribution >= 4 is 6.29 Å². The number of nitrogens with two attached hydrogens (primary N) is 1. The Hall–Kier alpha value is -1.79. The van der Waals surface area contributed by atoms with Crippen molar-refractivity contribution in [1.29, 1.82) is 0 Å². The molecule has 1 rings (SSSR count). The van der Waals surface area contributed by atoms with Crippen molar-refractivity contribution in [2.75, 3.05) is 13.7 Å². The lowest BCUT2D eigenvalue weighted by atomic mass is 10.1. The van der Waals surface area contributed by atoms with Gasteiger partial charge in [-0.05, 0) is 18.2 Å². The molecule has 3 heteroatoms. The number of carbonyl (C=O) groups is 1. The summed E-state index contributed by atoms with van der Waals surface area (Å²) in [4.78, 5) is 10.7. The summed E-state index contributed by atoms with van der Waals surface area (Å²) in [6.07, 6.45) is 0.753. The number of rotatable bonds is 2. The molecule has 0 aliphatic rings. The fraction of sp³-hybridized carbons (Fsp3) is 0.182. The minimum Gasteiger partial charge on any atom is -0.497 e. The van der Waals surface area contributed by atoms with E-state index in [1.165, 1.54) is 0 Å². The van der Waals surface area contributed by atoms with Crippen LogP contribution >= 0.6 is 0 Å². The summed E-state index contributed by atoms with van der Waals surface area (Å²) in [7, 11) is 1.55. The quantitative estimate of drug-likeness (QED) is 0.553. The Morgan fingerprint density at radius 2 is 2.36 bits per heavy atom. The van der Waals surface area contributed by atoms with Crippen LogP contribution in [0, 0.1) is 11.8 Å². The van der Waals surface area contributed by atoms with Crippen molar-refractivity contribution in [1.82, 2.24) is 0 Å². The summed E-state index contributed by atoms with van der Waals surface area (Å²) in [6, 6.07) is 5.15. The zero-order valence-electron chi connectivity index (χ0n) is 7.91. The summed E-state index contributed by atoms with van der Waals surface area (Å²) in [5.74, 6) is 6.15. The van der Waals surface area contributed by atoms with Crippen LogP contribution in [0.1, 0.15) is 15.9 Å². The first-order chi connectivity index (χ1) is 6.81. The van der Waals surface area contributed by atoms with Gasteiger partial charge in [-0.25, -0.2) is 0 Å². The second-order valence-corrected chi connectivity index (χ2v) is 2.58. The van der Waals surface area contributed by atoms with Crippen LogP contribution in [0.3, 0.4) is 0 Å². The molecule has 14 heavy (non-hydrogen) atoms. The molecule has 0 unspecified atom stereocenters. The van der Waals surface area contributed by atoms with Gasteiger partial charge in [-0.3, -0.25) is 4.79 Å². The van der Waals surface area contributed by atoms with Gasteiger partial charge < -0.3 is 10.5 Å². The number of aldehydes is 1. The lowest BCUT2D eigenvalue weighted by molar-refractivity contribution is 0.112. The van der Waals surface area contributed by atoms with Crippen molar-refractivity contribution in [2.45, 2.75) is 0 Å². The highest BCUT2D eigenvalue weighted by molar-refractivity contribution is 5.80. The second-order valence-electron chi connectivity index (χ2n) is 2.58. The van der Waals surface area contributed by atoms with E-state index in [0.29, 0.717) is 16.9 Å². The highest BCUT2D eigenvalue weighted by Gasteiger charge is 2.00. The van der Waals surface area contributed by atoms with Gasteiger partial charge in [0.25, 0.3) is 0 Å². The van der Waals surface area contributed by atoms with E-state index >= 15 is 0 Å². The van der Waals surface area contributed by atoms with Crippen molar-refractivity contribution in [3.8, 4) is 17.6 Å². The average molecular weight is 189 g/mol. The summed E-state index contributed by atoms with van der Waals surface area (Å²) < 4.78 is 4.98.